The average Bonchev–Trinajstić information content (AvgIpc) is 3.01. The summed E-state index contributed by atoms with van der Waals surface area (Å²) < 4.78 is 17.3. The van der Waals surface area contributed by atoms with Crippen LogP contribution in [0.2, 0.25) is 5.02 Å². The molecule has 0 saturated carbocycles. The maximum atomic E-state index is 12.6. The summed E-state index contributed by atoms with van der Waals surface area (Å²) in [7, 11) is 3.15. The van der Waals surface area contributed by atoms with E-state index in [2.05, 4.69) is 22.6 Å². The number of methoxy groups -OCH3 is 2. The Kier molecular flexibility index (Phi) is 8.65. The first kappa shape index (κ1) is 23.9. The zero-order valence-electron chi connectivity index (χ0n) is 17.0. The molecule has 6 nitrogen and oxygen atoms in total. The molecule has 0 bridgehead atoms. The van der Waals surface area contributed by atoms with Gasteiger partial charge in [0.1, 0.15) is 6.61 Å². The number of hydrogen-bond donors (Lipinski definition) is 0. The van der Waals surface area contributed by atoms with Crippen molar-refractivity contribution in [2.45, 2.75) is 13.0 Å². The highest BCUT2D eigenvalue weighted by Gasteiger charge is 2.34. The molecule has 2 aromatic rings. The summed E-state index contributed by atoms with van der Waals surface area (Å²) in [5.74, 6) is 0.873. The van der Waals surface area contributed by atoms with E-state index in [4.69, 9.17) is 25.8 Å². The second kappa shape index (κ2) is 11.2. The van der Waals surface area contributed by atoms with Crippen molar-refractivity contribution in [1.29, 1.82) is 0 Å². The third kappa shape index (κ3) is 6.15. The lowest BCUT2D eigenvalue weighted by atomic mass is 10.1. The minimum atomic E-state index is -0.289. The number of ether oxygens (including phenoxy) is 3. The third-order valence-electron chi connectivity index (χ3n) is 4.45. The van der Waals surface area contributed by atoms with Crippen LogP contribution >= 0.6 is 46.0 Å². The summed E-state index contributed by atoms with van der Waals surface area (Å²) in [4.78, 5) is 26.4. The lowest BCUT2D eigenvalue weighted by Gasteiger charge is -2.14. The molecule has 0 radical (unpaired) electrons. The van der Waals surface area contributed by atoms with E-state index in [0.29, 0.717) is 47.6 Å². The Balaban J connectivity index is 1.77. The van der Waals surface area contributed by atoms with Gasteiger partial charge in [0.05, 0.1) is 15.6 Å². The summed E-state index contributed by atoms with van der Waals surface area (Å²) in [6.07, 6.45) is 2.31. The molecular formula is C22H21ClINO5S. The highest BCUT2D eigenvalue weighted by atomic mass is 127. The van der Waals surface area contributed by atoms with Crippen molar-refractivity contribution in [2.24, 2.45) is 0 Å². The van der Waals surface area contributed by atoms with E-state index in [1.165, 1.54) is 4.90 Å². The first-order valence-corrected chi connectivity index (χ1v) is 11.7. The van der Waals surface area contributed by atoms with Gasteiger partial charge >= 0.3 is 0 Å². The number of benzene rings is 2. The van der Waals surface area contributed by atoms with Crippen LogP contribution in [0.1, 0.15) is 17.5 Å². The molecule has 3 rings (SSSR count). The van der Waals surface area contributed by atoms with Crippen LogP contribution in [0, 0.1) is 3.57 Å². The largest absolute Gasteiger partial charge is 0.493 e. The van der Waals surface area contributed by atoms with Crippen LogP contribution in [0.5, 0.6) is 11.5 Å². The van der Waals surface area contributed by atoms with Crippen LogP contribution in [0.4, 0.5) is 4.79 Å². The summed E-state index contributed by atoms with van der Waals surface area (Å²) >= 11 is 9.03. The Labute approximate surface area is 204 Å². The Morgan fingerprint density at radius 2 is 1.90 bits per heavy atom. The summed E-state index contributed by atoms with van der Waals surface area (Å²) in [6, 6.07) is 11.1. The molecule has 2 aromatic carbocycles. The quantitative estimate of drug-likeness (QED) is 0.221. The van der Waals surface area contributed by atoms with E-state index in [1.807, 2.05) is 30.3 Å². The first-order valence-electron chi connectivity index (χ1n) is 9.42. The molecule has 0 aliphatic carbocycles. The molecule has 0 aromatic heterocycles. The number of nitrogens with zero attached hydrogens (tertiary/aromatic N) is 1. The summed E-state index contributed by atoms with van der Waals surface area (Å²) in [5, 5.41) is 0.403. The fourth-order valence-electron chi connectivity index (χ4n) is 2.91. The summed E-state index contributed by atoms with van der Waals surface area (Å²) in [6.45, 7) is 1.20. The maximum absolute atomic E-state index is 12.6. The molecule has 0 spiro atoms. The monoisotopic (exact) mass is 573 g/mol. The smallest absolute Gasteiger partial charge is 0.293 e. The number of thioether (sulfide) groups is 1. The molecule has 1 aliphatic heterocycles. The molecule has 164 valence electrons. The van der Waals surface area contributed by atoms with Crippen molar-refractivity contribution in [3.63, 3.8) is 0 Å². The highest BCUT2D eigenvalue weighted by Crippen LogP contribution is 2.37. The topological polar surface area (TPSA) is 65.1 Å². The van der Waals surface area contributed by atoms with E-state index < -0.39 is 0 Å². The third-order valence-corrected chi connectivity index (χ3v) is 6.41. The van der Waals surface area contributed by atoms with Crippen LogP contribution in [0.3, 0.4) is 0 Å². The molecule has 31 heavy (non-hydrogen) atoms. The predicted molar refractivity (Wildman–Crippen MR) is 131 cm³/mol. The van der Waals surface area contributed by atoms with Gasteiger partial charge in [-0.3, -0.25) is 14.5 Å². The lowest BCUT2D eigenvalue weighted by molar-refractivity contribution is -0.122. The lowest BCUT2D eigenvalue weighted by Crippen LogP contribution is -2.29. The standard InChI is InChI=1S/C22H21ClINO5S/c1-28-9-3-8-25-21(26)19(31-22(25)27)12-15-10-17(24)20(18(11-15)29-2)30-13-14-4-6-16(23)7-5-14/h4-7,10-12H,3,8-9,13H2,1-2H3/b19-12-. The number of imide groups is 1. The molecule has 2 amide bonds. The molecule has 0 N–H and O–H groups in total. The molecular weight excluding hydrogens is 553 g/mol. The normalized spacial score (nSPS) is 15.1. The number of halogens is 2. The fraction of sp³-hybridized carbons (Fsp3) is 0.273. The first-order chi connectivity index (χ1) is 14.9. The second-order valence-corrected chi connectivity index (χ2v) is 9.22. The second-order valence-electron chi connectivity index (χ2n) is 6.63. The Bertz CT molecular complexity index is 996. The van der Waals surface area contributed by atoms with Crippen LogP contribution in [0.25, 0.3) is 6.08 Å². The van der Waals surface area contributed by atoms with Crippen molar-refractivity contribution < 1.29 is 23.8 Å². The Hall–Kier alpha value is -1.75. The molecule has 1 aliphatic rings. The number of rotatable bonds is 9. The fourth-order valence-corrected chi connectivity index (χ4v) is 4.68. The average molecular weight is 574 g/mol. The van der Waals surface area contributed by atoms with E-state index in [9.17, 15) is 9.59 Å². The van der Waals surface area contributed by atoms with Crippen LogP contribution in [0.15, 0.2) is 41.3 Å². The SMILES string of the molecule is COCCCN1C(=O)S/C(=C\c2cc(I)c(OCc3ccc(Cl)cc3)c(OC)c2)C1=O. The predicted octanol–water partition coefficient (Wildman–Crippen LogP) is 5.61. The van der Waals surface area contributed by atoms with Gasteiger partial charge in [-0.1, -0.05) is 23.7 Å². The molecule has 9 heteroatoms. The number of amides is 2. The number of carbonyl (C=O) groups excluding carboxylic acids is 2. The molecule has 0 atom stereocenters. The van der Waals surface area contributed by atoms with Gasteiger partial charge in [-0.05, 0) is 82.2 Å². The molecule has 1 heterocycles. The van der Waals surface area contributed by atoms with Gasteiger partial charge in [0, 0.05) is 25.3 Å². The van der Waals surface area contributed by atoms with Gasteiger partial charge in [-0.25, -0.2) is 0 Å². The highest BCUT2D eigenvalue weighted by molar-refractivity contribution is 14.1. The van der Waals surface area contributed by atoms with Gasteiger partial charge < -0.3 is 14.2 Å². The van der Waals surface area contributed by atoms with Crippen molar-refractivity contribution in [2.75, 3.05) is 27.4 Å². The molecule has 0 unspecified atom stereocenters. The van der Waals surface area contributed by atoms with Gasteiger partial charge in [0.25, 0.3) is 11.1 Å². The maximum Gasteiger partial charge on any atom is 0.293 e. The minimum Gasteiger partial charge on any atom is -0.493 e. The van der Waals surface area contributed by atoms with Crippen LogP contribution < -0.4 is 9.47 Å². The van der Waals surface area contributed by atoms with E-state index >= 15 is 0 Å². The Morgan fingerprint density at radius 1 is 1.16 bits per heavy atom. The van der Waals surface area contributed by atoms with Crippen molar-refractivity contribution in [3.8, 4) is 11.5 Å². The number of hydrogen-bond acceptors (Lipinski definition) is 6. The van der Waals surface area contributed by atoms with Crippen molar-refractivity contribution in [3.05, 3.63) is 61.0 Å². The zero-order chi connectivity index (χ0) is 22.4. The van der Waals surface area contributed by atoms with Crippen molar-refractivity contribution in [1.82, 2.24) is 4.90 Å². The van der Waals surface area contributed by atoms with E-state index in [1.54, 1.807) is 26.4 Å². The molecule has 1 fully saturated rings. The van der Waals surface area contributed by atoms with Crippen LogP contribution in [-0.2, 0) is 16.1 Å². The summed E-state index contributed by atoms with van der Waals surface area (Å²) in [5.41, 5.74) is 1.73. The van der Waals surface area contributed by atoms with E-state index in [-0.39, 0.29) is 11.1 Å². The van der Waals surface area contributed by atoms with Gasteiger partial charge in [0.15, 0.2) is 11.5 Å². The van der Waals surface area contributed by atoms with E-state index in [0.717, 1.165) is 26.5 Å². The van der Waals surface area contributed by atoms with Gasteiger partial charge in [-0.15, -0.1) is 0 Å². The molecule has 1 saturated heterocycles. The van der Waals surface area contributed by atoms with Gasteiger partial charge in [0.2, 0.25) is 0 Å². The van der Waals surface area contributed by atoms with Gasteiger partial charge in [-0.2, -0.15) is 0 Å². The van der Waals surface area contributed by atoms with Crippen molar-refractivity contribution >= 4 is 63.2 Å². The van der Waals surface area contributed by atoms with Crippen LogP contribution in [-0.4, -0.2) is 43.4 Å². The number of carbonyl (C=O) groups is 2. The Morgan fingerprint density at radius 3 is 2.58 bits per heavy atom. The minimum absolute atomic E-state index is 0.267. The zero-order valence-corrected chi connectivity index (χ0v) is 20.8.